The van der Waals surface area contributed by atoms with Gasteiger partial charge in [-0.1, -0.05) is 42.5 Å². The van der Waals surface area contributed by atoms with E-state index in [1.54, 1.807) is 0 Å². The molecule has 2 aliphatic rings. The highest BCUT2D eigenvalue weighted by Gasteiger charge is 2.24. The zero-order valence-corrected chi connectivity index (χ0v) is 15.7. The Balaban J connectivity index is 1.30. The van der Waals surface area contributed by atoms with Gasteiger partial charge < -0.3 is 5.32 Å². The molecule has 5 heteroatoms. The van der Waals surface area contributed by atoms with Crippen molar-refractivity contribution in [1.29, 1.82) is 0 Å². The number of piperidine rings is 1. The number of hydrogen-bond donors (Lipinski definition) is 3. The highest BCUT2D eigenvalue weighted by Crippen LogP contribution is 2.56. The van der Waals surface area contributed by atoms with Crippen molar-refractivity contribution < 1.29 is 9.11 Å². The van der Waals surface area contributed by atoms with E-state index in [9.17, 15) is 9.11 Å². The molecule has 0 radical (unpaired) electrons. The number of benzene rings is 2. The molecule has 0 unspecified atom stereocenters. The average molecular weight is 371 g/mol. The molecule has 0 spiro atoms. The third kappa shape index (κ3) is 3.87. The fraction of sp³-hybridized carbons (Fsp3) is 0.333. The van der Waals surface area contributed by atoms with Crippen LogP contribution in [-0.4, -0.2) is 33.1 Å². The molecule has 138 valence electrons. The summed E-state index contributed by atoms with van der Waals surface area (Å²) in [6, 6.07) is 17.0. The van der Waals surface area contributed by atoms with Gasteiger partial charge in [-0.25, -0.2) is 0 Å². The van der Waals surface area contributed by atoms with Crippen molar-refractivity contribution in [3.8, 4) is 0 Å². The largest absolute Gasteiger partial charge is 0.310 e. The Kier molecular flexibility index (Phi) is 5.16. The first-order valence-corrected chi connectivity index (χ1v) is 10.8. The summed E-state index contributed by atoms with van der Waals surface area (Å²) >= 11 is 0. The van der Waals surface area contributed by atoms with Crippen LogP contribution in [0.5, 0.6) is 0 Å². The van der Waals surface area contributed by atoms with Crippen LogP contribution in [0, 0.1) is 0 Å². The standard InChI is InChI=1S/C21H26N2O2S/c24-26(25)14-11-20-18(7-4-8-21(20)26)15-22-19-9-12-23(13-10-19)16-17-5-2-1-3-6-17/h1-8,11,14,19,22,24-25H,9-10,12-13,15-16H2. The highest BCUT2D eigenvalue weighted by molar-refractivity contribution is 8.27. The molecule has 2 aromatic rings. The van der Waals surface area contributed by atoms with E-state index in [4.69, 9.17) is 0 Å². The van der Waals surface area contributed by atoms with Crippen LogP contribution in [0.25, 0.3) is 6.08 Å². The first-order chi connectivity index (χ1) is 12.6. The summed E-state index contributed by atoms with van der Waals surface area (Å²) in [5, 5.41) is 5.20. The van der Waals surface area contributed by atoms with Crippen molar-refractivity contribution in [2.75, 3.05) is 13.1 Å². The van der Waals surface area contributed by atoms with Gasteiger partial charge in [-0.2, -0.15) is 0 Å². The Morgan fingerprint density at radius 3 is 2.54 bits per heavy atom. The topological polar surface area (TPSA) is 55.7 Å². The molecule has 1 saturated heterocycles. The number of fused-ring (bicyclic) bond motifs is 1. The van der Waals surface area contributed by atoms with Gasteiger partial charge in [-0.3, -0.25) is 14.0 Å². The monoisotopic (exact) mass is 370 g/mol. The predicted octanol–water partition coefficient (Wildman–Crippen LogP) is 4.53. The number of likely N-dealkylation sites (tertiary alicyclic amines) is 1. The minimum Gasteiger partial charge on any atom is -0.310 e. The van der Waals surface area contributed by atoms with Crippen molar-refractivity contribution in [2.24, 2.45) is 0 Å². The number of hydrogen-bond acceptors (Lipinski definition) is 4. The summed E-state index contributed by atoms with van der Waals surface area (Å²) < 4.78 is 20.1. The van der Waals surface area contributed by atoms with Crippen LogP contribution < -0.4 is 5.32 Å². The summed E-state index contributed by atoms with van der Waals surface area (Å²) in [5.41, 5.74) is 3.49. The molecular formula is C21H26N2O2S. The fourth-order valence-electron chi connectivity index (χ4n) is 3.82. The minimum atomic E-state index is -2.72. The van der Waals surface area contributed by atoms with Crippen molar-refractivity contribution >= 4 is 16.7 Å². The van der Waals surface area contributed by atoms with Crippen molar-refractivity contribution in [2.45, 2.75) is 36.9 Å². The lowest BCUT2D eigenvalue weighted by molar-refractivity contribution is 0.190. The van der Waals surface area contributed by atoms with Gasteiger partial charge >= 0.3 is 0 Å². The molecule has 26 heavy (non-hydrogen) atoms. The lowest BCUT2D eigenvalue weighted by Crippen LogP contribution is -2.41. The van der Waals surface area contributed by atoms with Crippen LogP contribution in [0.2, 0.25) is 0 Å². The van der Waals surface area contributed by atoms with Gasteiger partial charge in [-0.05, 0) is 49.2 Å². The zero-order valence-electron chi connectivity index (χ0n) is 14.8. The third-order valence-electron chi connectivity index (χ3n) is 5.32. The summed E-state index contributed by atoms with van der Waals surface area (Å²) in [7, 11) is -2.72. The van der Waals surface area contributed by atoms with Crippen LogP contribution in [0.1, 0.15) is 29.5 Å². The van der Waals surface area contributed by atoms with Gasteiger partial charge in [0.2, 0.25) is 0 Å². The molecule has 0 aromatic heterocycles. The van der Waals surface area contributed by atoms with Gasteiger partial charge in [0.1, 0.15) is 0 Å². The molecule has 0 amide bonds. The van der Waals surface area contributed by atoms with E-state index >= 15 is 0 Å². The van der Waals surface area contributed by atoms with Gasteiger partial charge in [-0.15, -0.1) is 10.6 Å². The Bertz CT molecular complexity index is 784. The quantitative estimate of drug-likeness (QED) is 0.723. The molecule has 0 bridgehead atoms. The molecule has 2 aromatic carbocycles. The molecule has 1 fully saturated rings. The van der Waals surface area contributed by atoms with Gasteiger partial charge in [0, 0.05) is 30.1 Å². The first kappa shape index (κ1) is 17.8. The Labute approximate surface area is 156 Å². The van der Waals surface area contributed by atoms with Crippen molar-refractivity contribution in [1.82, 2.24) is 10.2 Å². The maximum absolute atomic E-state index is 10.1. The highest BCUT2D eigenvalue weighted by atomic mass is 32.3. The van der Waals surface area contributed by atoms with Gasteiger partial charge in [0.05, 0.1) is 4.90 Å². The van der Waals surface area contributed by atoms with E-state index in [1.165, 1.54) is 11.0 Å². The molecular weight excluding hydrogens is 344 g/mol. The average Bonchev–Trinajstić information content (AvgIpc) is 2.98. The first-order valence-electron chi connectivity index (χ1n) is 9.20. The van der Waals surface area contributed by atoms with E-state index < -0.39 is 10.6 Å². The van der Waals surface area contributed by atoms with Crippen LogP contribution >= 0.6 is 10.6 Å². The minimum absolute atomic E-state index is 0.517. The smallest absolute Gasteiger partial charge is 0.0706 e. The normalized spacial score (nSPS) is 20.8. The fourth-order valence-corrected chi connectivity index (χ4v) is 5.10. The second-order valence-electron chi connectivity index (χ2n) is 7.14. The lowest BCUT2D eigenvalue weighted by atomic mass is 10.0. The summed E-state index contributed by atoms with van der Waals surface area (Å²) in [4.78, 5) is 3.18. The second kappa shape index (κ2) is 7.55. The van der Waals surface area contributed by atoms with E-state index in [1.807, 2.05) is 18.2 Å². The Morgan fingerprint density at radius 2 is 1.77 bits per heavy atom. The number of nitrogens with one attached hydrogen (secondary N) is 1. The molecule has 2 aliphatic heterocycles. The van der Waals surface area contributed by atoms with Crippen molar-refractivity contribution in [3.05, 3.63) is 70.6 Å². The summed E-state index contributed by atoms with van der Waals surface area (Å²) in [5.74, 6) is 0. The van der Waals surface area contributed by atoms with Crippen LogP contribution in [-0.2, 0) is 13.1 Å². The zero-order chi connectivity index (χ0) is 18.0. The molecule has 3 N–H and O–H groups in total. The Morgan fingerprint density at radius 1 is 1.00 bits per heavy atom. The maximum Gasteiger partial charge on any atom is 0.0706 e. The molecule has 4 nitrogen and oxygen atoms in total. The molecule has 4 rings (SSSR count). The summed E-state index contributed by atoms with van der Waals surface area (Å²) in [6.07, 6.45) is 4.14. The Hall–Kier alpha value is -1.63. The molecule has 0 saturated carbocycles. The van der Waals surface area contributed by atoms with E-state index in [2.05, 4.69) is 46.6 Å². The molecule has 2 heterocycles. The second-order valence-corrected chi connectivity index (χ2v) is 9.04. The lowest BCUT2D eigenvalue weighted by Gasteiger charge is -2.32. The number of rotatable bonds is 5. The molecule has 0 aliphatic carbocycles. The van der Waals surface area contributed by atoms with Gasteiger partial charge in [0.25, 0.3) is 0 Å². The number of nitrogens with zero attached hydrogens (tertiary/aromatic N) is 1. The van der Waals surface area contributed by atoms with Crippen LogP contribution in [0.3, 0.4) is 0 Å². The predicted molar refractivity (Wildman–Crippen MR) is 108 cm³/mol. The van der Waals surface area contributed by atoms with Crippen LogP contribution in [0.15, 0.2) is 58.8 Å². The third-order valence-corrected chi connectivity index (χ3v) is 6.84. The summed E-state index contributed by atoms with van der Waals surface area (Å²) in [6.45, 7) is 4.02. The van der Waals surface area contributed by atoms with Crippen LogP contribution in [0.4, 0.5) is 0 Å². The van der Waals surface area contributed by atoms with E-state index in [0.29, 0.717) is 10.9 Å². The molecule has 0 atom stereocenters. The van der Waals surface area contributed by atoms with Crippen molar-refractivity contribution in [3.63, 3.8) is 0 Å². The van der Waals surface area contributed by atoms with Gasteiger partial charge in [0.15, 0.2) is 0 Å². The van der Waals surface area contributed by atoms with E-state index in [0.717, 1.165) is 50.1 Å². The SMILES string of the molecule is OS1(O)C=Cc2c(CNC3CCN(Cc4ccccc4)CC3)cccc21. The van der Waals surface area contributed by atoms with E-state index in [-0.39, 0.29) is 0 Å². The maximum atomic E-state index is 10.1.